The minimum Gasteiger partial charge on any atom is -0.333 e. The highest BCUT2D eigenvalue weighted by atomic mass is 35.5. The summed E-state index contributed by atoms with van der Waals surface area (Å²) in [6, 6.07) is 11.5. The maximum absolute atomic E-state index is 12.9. The second kappa shape index (κ2) is 6.07. The lowest BCUT2D eigenvalue weighted by Gasteiger charge is -1.94. The number of hydrogen-bond donors (Lipinski definition) is 0. The molecular formula is C16H9ClF2N2O. The second-order valence-electron chi connectivity index (χ2n) is 4.47. The molecule has 6 heteroatoms. The minimum atomic E-state index is -0.346. The lowest BCUT2D eigenvalue weighted by molar-refractivity contribution is 0.410. The van der Waals surface area contributed by atoms with Crippen LogP contribution in [0.5, 0.6) is 0 Å². The lowest BCUT2D eigenvalue weighted by atomic mass is 10.2. The molecule has 0 N–H and O–H groups in total. The van der Waals surface area contributed by atoms with E-state index >= 15 is 0 Å². The van der Waals surface area contributed by atoms with E-state index in [4.69, 9.17) is 16.1 Å². The maximum Gasteiger partial charge on any atom is 0.269 e. The summed E-state index contributed by atoms with van der Waals surface area (Å²) in [7, 11) is 0. The van der Waals surface area contributed by atoms with Gasteiger partial charge in [0.1, 0.15) is 16.7 Å². The average Bonchev–Trinajstić information content (AvgIpc) is 3.00. The Bertz CT molecular complexity index is 811. The van der Waals surface area contributed by atoms with Gasteiger partial charge in [0.2, 0.25) is 5.82 Å². The number of rotatable bonds is 3. The van der Waals surface area contributed by atoms with Crippen LogP contribution >= 0.6 is 11.6 Å². The molecule has 0 bridgehead atoms. The van der Waals surface area contributed by atoms with Crippen molar-refractivity contribution in [3.63, 3.8) is 0 Å². The minimum absolute atomic E-state index is 0.130. The van der Waals surface area contributed by atoms with E-state index < -0.39 is 0 Å². The summed E-state index contributed by atoms with van der Waals surface area (Å²) >= 11 is 6.12. The SMILES string of the molecule is Fc1ccc(/C=C(\Cl)c2nc(-c3ccc(F)cc3)no2)cc1. The number of nitrogens with zero attached hydrogens (tertiary/aromatic N) is 2. The molecule has 0 aliphatic heterocycles. The number of halogens is 3. The van der Waals surface area contributed by atoms with E-state index in [-0.39, 0.29) is 22.6 Å². The zero-order chi connectivity index (χ0) is 15.5. The summed E-state index contributed by atoms with van der Waals surface area (Å²) in [4.78, 5) is 4.15. The zero-order valence-electron chi connectivity index (χ0n) is 11.1. The molecule has 110 valence electrons. The van der Waals surface area contributed by atoms with Gasteiger partial charge in [0.15, 0.2) is 0 Å². The van der Waals surface area contributed by atoms with E-state index in [1.807, 2.05) is 0 Å². The Hall–Kier alpha value is -2.53. The van der Waals surface area contributed by atoms with Gasteiger partial charge in [-0.1, -0.05) is 28.9 Å². The summed E-state index contributed by atoms with van der Waals surface area (Å²) in [5.41, 5.74) is 1.32. The van der Waals surface area contributed by atoms with Crippen molar-refractivity contribution in [2.45, 2.75) is 0 Å². The predicted molar refractivity (Wildman–Crippen MR) is 79.8 cm³/mol. The molecule has 22 heavy (non-hydrogen) atoms. The molecule has 0 aliphatic rings. The third-order valence-corrected chi connectivity index (χ3v) is 3.17. The van der Waals surface area contributed by atoms with E-state index in [1.54, 1.807) is 30.3 Å². The smallest absolute Gasteiger partial charge is 0.269 e. The maximum atomic E-state index is 12.9. The van der Waals surface area contributed by atoms with Crippen LogP contribution in [0.1, 0.15) is 11.5 Å². The van der Waals surface area contributed by atoms with Crippen LogP contribution in [0.25, 0.3) is 22.5 Å². The molecule has 0 aliphatic carbocycles. The summed E-state index contributed by atoms with van der Waals surface area (Å²) in [6.07, 6.45) is 1.59. The van der Waals surface area contributed by atoms with Crippen LogP contribution in [0.2, 0.25) is 0 Å². The monoisotopic (exact) mass is 318 g/mol. The Labute approximate surface area is 129 Å². The van der Waals surface area contributed by atoms with Crippen molar-refractivity contribution < 1.29 is 13.3 Å². The Kier molecular flexibility index (Phi) is 3.98. The van der Waals surface area contributed by atoms with E-state index in [1.165, 1.54) is 24.3 Å². The fourth-order valence-corrected chi connectivity index (χ4v) is 2.01. The Morgan fingerprint density at radius 2 is 1.55 bits per heavy atom. The van der Waals surface area contributed by atoms with Gasteiger partial charge in [-0.05, 0) is 48.0 Å². The molecule has 3 aromatic rings. The third-order valence-electron chi connectivity index (χ3n) is 2.90. The highest BCUT2D eigenvalue weighted by molar-refractivity contribution is 6.50. The van der Waals surface area contributed by atoms with Crippen LogP contribution in [0.4, 0.5) is 8.78 Å². The molecular weight excluding hydrogens is 310 g/mol. The first kappa shape index (κ1) is 14.4. The van der Waals surface area contributed by atoms with Crippen molar-refractivity contribution in [2.75, 3.05) is 0 Å². The first-order valence-electron chi connectivity index (χ1n) is 6.34. The highest BCUT2D eigenvalue weighted by Crippen LogP contribution is 2.24. The summed E-state index contributed by atoms with van der Waals surface area (Å²) in [5.74, 6) is -0.239. The number of aromatic nitrogens is 2. The Morgan fingerprint density at radius 1 is 0.955 bits per heavy atom. The van der Waals surface area contributed by atoms with Crippen LogP contribution in [0.3, 0.4) is 0 Å². The molecule has 3 rings (SSSR count). The predicted octanol–water partition coefficient (Wildman–Crippen LogP) is 4.75. The summed E-state index contributed by atoms with van der Waals surface area (Å²) in [6.45, 7) is 0. The van der Waals surface area contributed by atoms with Crippen molar-refractivity contribution in [3.05, 3.63) is 71.6 Å². The van der Waals surface area contributed by atoms with E-state index in [0.717, 1.165) is 0 Å². The Morgan fingerprint density at radius 3 is 2.18 bits per heavy atom. The summed E-state index contributed by atoms with van der Waals surface area (Å²) in [5, 5.41) is 4.03. The van der Waals surface area contributed by atoms with Gasteiger partial charge >= 0.3 is 0 Å². The molecule has 2 aromatic carbocycles. The molecule has 3 nitrogen and oxygen atoms in total. The topological polar surface area (TPSA) is 38.9 Å². The molecule has 0 atom stereocenters. The van der Waals surface area contributed by atoms with Gasteiger partial charge in [-0.15, -0.1) is 0 Å². The van der Waals surface area contributed by atoms with Crippen LogP contribution < -0.4 is 0 Å². The number of hydrogen-bond acceptors (Lipinski definition) is 3. The van der Waals surface area contributed by atoms with Gasteiger partial charge in [-0.25, -0.2) is 8.78 Å². The lowest BCUT2D eigenvalue weighted by Crippen LogP contribution is -1.82. The third kappa shape index (κ3) is 3.20. The van der Waals surface area contributed by atoms with E-state index in [2.05, 4.69) is 10.1 Å². The van der Waals surface area contributed by atoms with Gasteiger partial charge in [0.05, 0.1) is 0 Å². The van der Waals surface area contributed by atoms with Gasteiger partial charge < -0.3 is 4.52 Å². The van der Waals surface area contributed by atoms with Crippen molar-refractivity contribution in [1.82, 2.24) is 10.1 Å². The molecule has 0 amide bonds. The van der Waals surface area contributed by atoms with Crippen LogP contribution in [-0.4, -0.2) is 10.1 Å². The summed E-state index contributed by atoms with van der Waals surface area (Å²) < 4.78 is 30.8. The standard InChI is InChI=1S/C16H9ClF2N2O/c17-14(9-10-1-5-12(18)6-2-10)16-20-15(21-22-16)11-3-7-13(19)8-4-11/h1-9H/b14-9-. The van der Waals surface area contributed by atoms with E-state index in [9.17, 15) is 8.78 Å². The van der Waals surface area contributed by atoms with Crippen molar-refractivity contribution >= 4 is 22.7 Å². The van der Waals surface area contributed by atoms with E-state index in [0.29, 0.717) is 17.0 Å². The van der Waals surface area contributed by atoms with Crippen molar-refractivity contribution in [2.24, 2.45) is 0 Å². The second-order valence-corrected chi connectivity index (χ2v) is 4.88. The molecule has 0 spiro atoms. The van der Waals surface area contributed by atoms with Crippen LogP contribution in [-0.2, 0) is 0 Å². The van der Waals surface area contributed by atoms with Gasteiger partial charge in [-0.2, -0.15) is 4.98 Å². The largest absolute Gasteiger partial charge is 0.333 e. The first-order valence-corrected chi connectivity index (χ1v) is 6.72. The zero-order valence-corrected chi connectivity index (χ0v) is 11.9. The normalized spacial score (nSPS) is 11.7. The average molecular weight is 319 g/mol. The molecule has 0 fully saturated rings. The molecule has 1 heterocycles. The quantitative estimate of drug-likeness (QED) is 0.699. The van der Waals surface area contributed by atoms with Gasteiger partial charge in [0, 0.05) is 5.56 Å². The van der Waals surface area contributed by atoms with Crippen molar-refractivity contribution in [3.8, 4) is 11.4 Å². The van der Waals surface area contributed by atoms with Crippen LogP contribution in [0, 0.1) is 11.6 Å². The first-order chi connectivity index (χ1) is 10.6. The van der Waals surface area contributed by atoms with Gasteiger partial charge in [0.25, 0.3) is 5.89 Å². The molecule has 0 saturated carbocycles. The fourth-order valence-electron chi connectivity index (χ4n) is 1.80. The van der Waals surface area contributed by atoms with Crippen LogP contribution in [0.15, 0.2) is 53.1 Å². The van der Waals surface area contributed by atoms with Crippen molar-refractivity contribution in [1.29, 1.82) is 0 Å². The molecule has 0 unspecified atom stereocenters. The molecule has 1 aromatic heterocycles. The Balaban J connectivity index is 1.86. The highest BCUT2D eigenvalue weighted by Gasteiger charge is 2.11. The number of benzene rings is 2. The fraction of sp³-hybridized carbons (Fsp3) is 0. The molecule has 0 radical (unpaired) electrons. The van der Waals surface area contributed by atoms with Gasteiger partial charge in [-0.3, -0.25) is 0 Å². The molecule has 0 saturated heterocycles.